The lowest BCUT2D eigenvalue weighted by atomic mass is 9.89. The first-order valence-electron chi connectivity index (χ1n) is 8.81. The molecule has 2 aliphatic rings. The molecule has 2 atom stereocenters. The molecular weight excluding hydrogens is 322 g/mol. The molecule has 0 N–H and O–H groups in total. The van der Waals surface area contributed by atoms with Crippen LogP contribution < -0.4 is 0 Å². The third kappa shape index (κ3) is 4.00. The van der Waals surface area contributed by atoms with E-state index in [1.54, 1.807) is 0 Å². The Morgan fingerprint density at radius 1 is 1.25 bits per heavy atom. The lowest BCUT2D eigenvalue weighted by molar-refractivity contribution is -0.133. The SMILES string of the molecule is CC1(C)CC(c2ccccc2)N(C(=O)CC2CCCS(=O)(=O)C2)C1. The number of hydrogen-bond acceptors (Lipinski definition) is 3. The van der Waals surface area contributed by atoms with E-state index in [9.17, 15) is 13.2 Å². The highest BCUT2D eigenvalue weighted by Crippen LogP contribution is 2.43. The van der Waals surface area contributed by atoms with Crippen molar-refractivity contribution in [2.45, 2.75) is 45.6 Å². The number of rotatable bonds is 3. The Bertz CT molecular complexity index is 697. The van der Waals surface area contributed by atoms with E-state index in [2.05, 4.69) is 26.0 Å². The maximum atomic E-state index is 12.9. The van der Waals surface area contributed by atoms with Gasteiger partial charge in [-0.05, 0) is 36.2 Å². The van der Waals surface area contributed by atoms with E-state index in [0.717, 1.165) is 19.4 Å². The Balaban J connectivity index is 1.74. The van der Waals surface area contributed by atoms with E-state index in [4.69, 9.17) is 0 Å². The van der Waals surface area contributed by atoms with E-state index in [0.29, 0.717) is 12.8 Å². The van der Waals surface area contributed by atoms with E-state index >= 15 is 0 Å². The fourth-order valence-corrected chi connectivity index (χ4v) is 5.92. The Labute approximate surface area is 145 Å². The van der Waals surface area contributed by atoms with Gasteiger partial charge >= 0.3 is 0 Å². The molecule has 24 heavy (non-hydrogen) atoms. The predicted molar refractivity (Wildman–Crippen MR) is 95.3 cm³/mol. The summed E-state index contributed by atoms with van der Waals surface area (Å²) in [6.07, 6.45) is 2.84. The molecule has 0 radical (unpaired) electrons. The van der Waals surface area contributed by atoms with Crippen LogP contribution in [0.15, 0.2) is 30.3 Å². The molecule has 0 spiro atoms. The minimum atomic E-state index is -2.96. The lowest BCUT2D eigenvalue weighted by Gasteiger charge is -2.28. The van der Waals surface area contributed by atoms with E-state index in [-0.39, 0.29) is 34.8 Å². The number of hydrogen-bond donors (Lipinski definition) is 0. The van der Waals surface area contributed by atoms with Crippen LogP contribution in [0.4, 0.5) is 0 Å². The van der Waals surface area contributed by atoms with E-state index < -0.39 is 9.84 Å². The smallest absolute Gasteiger partial charge is 0.223 e. The molecule has 1 aromatic carbocycles. The normalized spacial score (nSPS) is 28.7. The largest absolute Gasteiger partial charge is 0.335 e. The summed E-state index contributed by atoms with van der Waals surface area (Å²) >= 11 is 0. The van der Waals surface area contributed by atoms with E-state index in [1.165, 1.54) is 5.56 Å². The summed E-state index contributed by atoms with van der Waals surface area (Å²) < 4.78 is 23.7. The first kappa shape index (κ1) is 17.5. The summed E-state index contributed by atoms with van der Waals surface area (Å²) in [5, 5.41) is 0. The number of benzene rings is 1. The second-order valence-electron chi connectivity index (χ2n) is 8.14. The van der Waals surface area contributed by atoms with Crippen LogP contribution in [0.5, 0.6) is 0 Å². The zero-order valence-electron chi connectivity index (χ0n) is 14.6. The molecule has 1 aromatic rings. The standard InChI is InChI=1S/C19H27NO3S/c1-19(2)12-17(16-8-4-3-5-9-16)20(14-19)18(21)11-15-7-6-10-24(22,23)13-15/h3-5,8-9,15,17H,6-7,10-14H2,1-2H3. The summed E-state index contributed by atoms with van der Waals surface area (Å²) in [5.41, 5.74) is 1.27. The highest BCUT2D eigenvalue weighted by Gasteiger charge is 2.41. The number of sulfone groups is 1. The van der Waals surface area contributed by atoms with Crippen molar-refractivity contribution in [1.82, 2.24) is 4.90 Å². The maximum Gasteiger partial charge on any atom is 0.223 e. The molecule has 2 heterocycles. The van der Waals surface area contributed by atoms with Gasteiger partial charge in [0.2, 0.25) is 5.91 Å². The van der Waals surface area contributed by atoms with Gasteiger partial charge in [0.25, 0.3) is 0 Å². The lowest BCUT2D eigenvalue weighted by Crippen LogP contribution is -2.35. The zero-order valence-corrected chi connectivity index (χ0v) is 15.4. The molecule has 5 heteroatoms. The predicted octanol–water partition coefficient (Wildman–Crippen LogP) is 3.20. The van der Waals surface area contributed by atoms with Crippen LogP contribution in [0.1, 0.15) is 51.1 Å². The molecule has 4 nitrogen and oxygen atoms in total. The molecule has 2 saturated heterocycles. The summed E-state index contributed by atoms with van der Waals surface area (Å²) in [6, 6.07) is 10.3. The highest BCUT2D eigenvalue weighted by atomic mass is 32.2. The molecule has 0 aromatic heterocycles. The van der Waals surface area contributed by atoms with Gasteiger partial charge in [-0.25, -0.2) is 8.42 Å². The van der Waals surface area contributed by atoms with Gasteiger partial charge < -0.3 is 4.90 Å². The second-order valence-corrected chi connectivity index (χ2v) is 10.4. The summed E-state index contributed by atoms with van der Waals surface area (Å²) in [5.74, 6) is 0.542. The van der Waals surface area contributed by atoms with Crippen LogP contribution in [-0.4, -0.2) is 37.3 Å². The van der Waals surface area contributed by atoms with Crippen molar-refractivity contribution in [3.63, 3.8) is 0 Å². The van der Waals surface area contributed by atoms with E-state index in [1.807, 2.05) is 23.1 Å². The summed E-state index contributed by atoms with van der Waals surface area (Å²) in [6.45, 7) is 5.13. The highest BCUT2D eigenvalue weighted by molar-refractivity contribution is 7.91. The molecule has 2 aliphatic heterocycles. The Morgan fingerprint density at radius 2 is 1.96 bits per heavy atom. The average molecular weight is 349 g/mol. The fourth-order valence-electron chi connectivity index (χ4n) is 4.15. The molecule has 0 saturated carbocycles. The van der Waals surface area contributed by atoms with Crippen LogP contribution in [0.2, 0.25) is 0 Å². The Morgan fingerprint density at radius 3 is 2.62 bits per heavy atom. The van der Waals surface area contributed by atoms with Crippen molar-refractivity contribution >= 4 is 15.7 Å². The van der Waals surface area contributed by atoms with Crippen LogP contribution in [0, 0.1) is 11.3 Å². The van der Waals surface area contributed by atoms with Crippen molar-refractivity contribution in [2.75, 3.05) is 18.1 Å². The summed E-state index contributed by atoms with van der Waals surface area (Å²) in [4.78, 5) is 14.9. The number of carbonyl (C=O) groups is 1. The number of amides is 1. The van der Waals surface area contributed by atoms with Gasteiger partial charge in [-0.1, -0.05) is 44.2 Å². The minimum Gasteiger partial charge on any atom is -0.335 e. The van der Waals surface area contributed by atoms with Crippen molar-refractivity contribution in [3.05, 3.63) is 35.9 Å². The van der Waals surface area contributed by atoms with Gasteiger partial charge in [0.05, 0.1) is 17.5 Å². The first-order chi connectivity index (χ1) is 11.3. The number of carbonyl (C=O) groups excluding carboxylic acids is 1. The molecule has 0 aliphatic carbocycles. The molecule has 0 bridgehead atoms. The zero-order chi connectivity index (χ0) is 17.4. The summed E-state index contributed by atoms with van der Waals surface area (Å²) in [7, 11) is -2.96. The van der Waals surface area contributed by atoms with Gasteiger partial charge in [0.1, 0.15) is 0 Å². The Hall–Kier alpha value is -1.36. The van der Waals surface area contributed by atoms with Gasteiger partial charge in [-0.3, -0.25) is 4.79 Å². The molecule has 1 amide bonds. The molecule has 2 fully saturated rings. The van der Waals surface area contributed by atoms with Crippen LogP contribution >= 0.6 is 0 Å². The third-order valence-corrected chi connectivity index (χ3v) is 7.14. The van der Waals surface area contributed by atoms with Crippen molar-refractivity contribution in [3.8, 4) is 0 Å². The van der Waals surface area contributed by atoms with Crippen molar-refractivity contribution in [2.24, 2.45) is 11.3 Å². The monoisotopic (exact) mass is 349 g/mol. The van der Waals surface area contributed by atoms with Gasteiger partial charge in [0, 0.05) is 13.0 Å². The minimum absolute atomic E-state index is 0.0172. The Kier molecular flexibility index (Phi) is 4.73. The van der Waals surface area contributed by atoms with Gasteiger partial charge in [-0.15, -0.1) is 0 Å². The van der Waals surface area contributed by atoms with Crippen molar-refractivity contribution in [1.29, 1.82) is 0 Å². The van der Waals surface area contributed by atoms with Gasteiger partial charge in [0.15, 0.2) is 9.84 Å². The maximum absolute atomic E-state index is 12.9. The topological polar surface area (TPSA) is 54.5 Å². The number of likely N-dealkylation sites (tertiary alicyclic amines) is 1. The van der Waals surface area contributed by atoms with Crippen LogP contribution in [-0.2, 0) is 14.6 Å². The molecule has 132 valence electrons. The quantitative estimate of drug-likeness (QED) is 0.842. The van der Waals surface area contributed by atoms with Gasteiger partial charge in [-0.2, -0.15) is 0 Å². The van der Waals surface area contributed by atoms with Crippen LogP contribution in [0.25, 0.3) is 0 Å². The first-order valence-corrected chi connectivity index (χ1v) is 10.6. The molecule has 2 unspecified atom stereocenters. The molecular formula is C19H27NO3S. The van der Waals surface area contributed by atoms with Crippen molar-refractivity contribution < 1.29 is 13.2 Å². The average Bonchev–Trinajstić information content (AvgIpc) is 2.83. The fraction of sp³-hybridized carbons (Fsp3) is 0.632. The second kappa shape index (κ2) is 6.51. The molecule has 3 rings (SSSR count). The third-order valence-electron chi connectivity index (χ3n) is 5.25. The number of nitrogens with zero attached hydrogens (tertiary/aromatic N) is 1. The van der Waals surface area contributed by atoms with Crippen LogP contribution in [0.3, 0.4) is 0 Å².